The Morgan fingerprint density at radius 1 is 1.47 bits per heavy atom. The highest BCUT2D eigenvalue weighted by Gasteiger charge is 2.02. The first kappa shape index (κ1) is 11.4. The van der Waals surface area contributed by atoms with Gasteiger partial charge in [-0.25, -0.2) is 0 Å². The number of anilines is 1. The van der Waals surface area contributed by atoms with E-state index in [1.54, 1.807) is 35.3 Å². The van der Waals surface area contributed by atoms with Gasteiger partial charge in [0.05, 0.1) is 24.0 Å². The number of rotatable bonds is 4. The molecule has 0 amide bonds. The van der Waals surface area contributed by atoms with Crippen molar-refractivity contribution < 1.29 is 0 Å². The molecular weight excluding hydrogens is 238 g/mol. The van der Waals surface area contributed by atoms with Crippen molar-refractivity contribution in [1.29, 1.82) is 5.26 Å². The zero-order valence-corrected chi connectivity index (χ0v) is 9.72. The number of benzene rings is 1. The van der Waals surface area contributed by atoms with Crippen molar-refractivity contribution in [1.82, 2.24) is 15.0 Å². The zero-order valence-electron chi connectivity index (χ0n) is 8.97. The highest BCUT2D eigenvalue weighted by molar-refractivity contribution is 6.30. The first-order valence-electron chi connectivity index (χ1n) is 5.07. The van der Waals surface area contributed by atoms with Gasteiger partial charge >= 0.3 is 0 Å². The van der Waals surface area contributed by atoms with E-state index in [0.29, 0.717) is 23.7 Å². The van der Waals surface area contributed by atoms with Crippen LogP contribution in [0.5, 0.6) is 0 Å². The molecule has 2 rings (SSSR count). The molecule has 0 saturated heterocycles. The van der Waals surface area contributed by atoms with Crippen molar-refractivity contribution in [3.05, 3.63) is 41.2 Å². The van der Waals surface area contributed by atoms with Crippen molar-refractivity contribution in [2.24, 2.45) is 0 Å². The average Bonchev–Trinajstić information content (AvgIpc) is 2.84. The zero-order chi connectivity index (χ0) is 12.1. The van der Waals surface area contributed by atoms with Crippen LogP contribution in [0.25, 0.3) is 0 Å². The number of nitrogens with zero attached hydrogens (tertiary/aromatic N) is 4. The molecule has 86 valence electrons. The van der Waals surface area contributed by atoms with Crippen LogP contribution in [-0.4, -0.2) is 21.5 Å². The SMILES string of the molecule is N#Cc1cc(Cl)ccc1NCCn1ccnn1. The molecule has 1 aromatic carbocycles. The van der Waals surface area contributed by atoms with Crippen LogP contribution in [0.1, 0.15) is 5.56 Å². The minimum Gasteiger partial charge on any atom is -0.382 e. The molecule has 0 aliphatic heterocycles. The second-order valence-corrected chi connectivity index (χ2v) is 3.83. The van der Waals surface area contributed by atoms with Crippen molar-refractivity contribution in [3.8, 4) is 6.07 Å². The van der Waals surface area contributed by atoms with Crippen molar-refractivity contribution in [2.75, 3.05) is 11.9 Å². The van der Waals surface area contributed by atoms with Crippen LogP contribution < -0.4 is 5.32 Å². The number of hydrogen-bond donors (Lipinski definition) is 1. The number of hydrogen-bond acceptors (Lipinski definition) is 4. The second kappa shape index (κ2) is 5.32. The Morgan fingerprint density at radius 3 is 3.06 bits per heavy atom. The van der Waals surface area contributed by atoms with E-state index in [9.17, 15) is 0 Å². The maximum atomic E-state index is 8.95. The molecule has 0 atom stereocenters. The van der Waals surface area contributed by atoms with Crippen LogP contribution >= 0.6 is 11.6 Å². The summed E-state index contributed by atoms with van der Waals surface area (Å²) in [6.07, 6.45) is 3.41. The maximum absolute atomic E-state index is 8.95. The lowest BCUT2D eigenvalue weighted by Gasteiger charge is -2.08. The topological polar surface area (TPSA) is 66.5 Å². The van der Waals surface area contributed by atoms with Crippen LogP contribution in [0.3, 0.4) is 0 Å². The fourth-order valence-electron chi connectivity index (χ4n) is 1.42. The molecule has 17 heavy (non-hydrogen) atoms. The molecule has 2 aromatic rings. The molecule has 0 saturated carbocycles. The van der Waals surface area contributed by atoms with Crippen molar-refractivity contribution in [3.63, 3.8) is 0 Å². The Bertz CT molecular complexity index is 529. The first-order chi connectivity index (χ1) is 8.29. The minimum atomic E-state index is 0.538. The third-order valence-electron chi connectivity index (χ3n) is 2.23. The quantitative estimate of drug-likeness (QED) is 0.896. The Balaban J connectivity index is 1.97. The van der Waals surface area contributed by atoms with Gasteiger partial charge in [0.25, 0.3) is 0 Å². The number of halogens is 1. The molecule has 1 heterocycles. The highest BCUT2D eigenvalue weighted by atomic mass is 35.5. The fraction of sp³-hybridized carbons (Fsp3) is 0.182. The molecule has 1 N–H and O–H groups in total. The van der Waals surface area contributed by atoms with Crippen LogP contribution in [0, 0.1) is 11.3 Å². The summed E-state index contributed by atoms with van der Waals surface area (Å²) in [5.74, 6) is 0. The van der Waals surface area contributed by atoms with E-state index in [0.717, 1.165) is 5.69 Å². The Kier molecular flexibility index (Phi) is 3.58. The summed E-state index contributed by atoms with van der Waals surface area (Å²) < 4.78 is 1.72. The van der Waals surface area contributed by atoms with E-state index in [2.05, 4.69) is 21.7 Å². The summed E-state index contributed by atoms with van der Waals surface area (Å²) in [5, 5.41) is 20.2. The first-order valence-corrected chi connectivity index (χ1v) is 5.45. The van der Waals surface area contributed by atoms with Gasteiger partial charge in [0.2, 0.25) is 0 Å². The van der Waals surface area contributed by atoms with E-state index >= 15 is 0 Å². The van der Waals surface area contributed by atoms with Gasteiger partial charge in [-0.1, -0.05) is 16.8 Å². The molecule has 0 fully saturated rings. The van der Waals surface area contributed by atoms with Gasteiger partial charge in [-0.05, 0) is 18.2 Å². The van der Waals surface area contributed by atoms with Gasteiger partial charge in [0, 0.05) is 17.8 Å². The molecule has 5 nitrogen and oxygen atoms in total. The van der Waals surface area contributed by atoms with Crippen LogP contribution in [0.15, 0.2) is 30.6 Å². The van der Waals surface area contributed by atoms with E-state index in [1.165, 1.54) is 0 Å². The summed E-state index contributed by atoms with van der Waals surface area (Å²) in [6, 6.07) is 7.28. The lowest BCUT2D eigenvalue weighted by molar-refractivity contribution is 0.609. The van der Waals surface area contributed by atoms with Gasteiger partial charge in [-0.2, -0.15) is 5.26 Å². The van der Waals surface area contributed by atoms with Gasteiger partial charge < -0.3 is 5.32 Å². The number of nitrogens with one attached hydrogen (secondary N) is 1. The van der Waals surface area contributed by atoms with Gasteiger partial charge in [0.15, 0.2) is 0 Å². The van der Waals surface area contributed by atoms with Crippen molar-refractivity contribution >= 4 is 17.3 Å². The third-order valence-corrected chi connectivity index (χ3v) is 2.47. The molecule has 0 aliphatic carbocycles. The molecule has 0 bridgehead atoms. The van der Waals surface area contributed by atoms with Crippen LogP contribution in [-0.2, 0) is 6.54 Å². The molecule has 0 radical (unpaired) electrons. The summed E-state index contributed by atoms with van der Waals surface area (Å²) in [7, 11) is 0. The molecule has 1 aromatic heterocycles. The molecule has 0 spiro atoms. The van der Waals surface area contributed by atoms with E-state index in [4.69, 9.17) is 16.9 Å². The number of nitriles is 1. The Hall–Kier alpha value is -2.06. The molecule has 0 aliphatic rings. The summed E-state index contributed by atoms with van der Waals surface area (Å²) in [6.45, 7) is 1.35. The third kappa shape index (κ3) is 2.95. The van der Waals surface area contributed by atoms with Crippen LogP contribution in [0.2, 0.25) is 5.02 Å². The van der Waals surface area contributed by atoms with E-state index < -0.39 is 0 Å². The van der Waals surface area contributed by atoms with Gasteiger partial charge in [-0.3, -0.25) is 4.68 Å². The predicted molar refractivity (Wildman–Crippen MR) is 64.7 cm³/mol. The van der Waals surface area contributed by atoms with Gasteiger partial charge in [-0.15, -0.1) is 5.10 Å². The van der Waals surface area contributed by atoms with Crippen molar-refractivity contribution in [2.45, 2.75) is 6.54 Å². The lowest BCUT2D eigenvalue weighted by Crippen LogP contribution is -2.11. The van der Waals surface area contributed by atoms with Crippen LogP contribution in [0.4, 0.5) is 5.69 Å². The highest BCUT2D eigenvalue weighted by Crippen LogP contribution is 2.19. The largest absolute Gasteiger partial charge is 0.382 e. The second-order valence-electron chi connectivity index (χ2n) is 3.39. The lowest BCUT2D eigenvalue weighted by atomic mass is 10.2. The number of aromatic nitrogens is 3. The van der Waals surface area contributed by atoms with E-state index in [-0.39, 0.29) is 0 Å². The Labute approximate surface area is 104 Å². The maximum Gasteiger partial charge on any atom is 0.101 e. The molecule has 0 unspecified atom stereocenters. The minimum absolute atomic E-state index is 0.538. The predicted octanol–water partition coefficient (Wildman–Crippen LogP) is 1.92. The summed E-state index contributed by atoms with van der Waals surface area (Å²) in [5.41, 5.74) is 1.31. The molecule has 6 heteroatoms. The average molecular weight is 248 g/mol. The smallest absolute Gasteiger partial charge is 0.101 e. The fourth-order valence-corrected chi connectivity index (χ4v) is 1.59. The Morgan fingerprint density at radius 2 is 2.35 bits per heavy atom. The van der Waals surface area contributed by atoms with Gasteiger partial charge in [0.1, 0.15) is 6.07 Å². The normalized spacial score (nSPS) is 9.88. The molecular formula is C11H10ClN5. The monoisotopic (exact) mass is 247 g/mol. The standard InChI is InChI=1S/C11H10ClN5/c12-10-1-2-11(9(7-10)8-13)14-3-5-17-6-4-15-16-17/h1-2,4,6-7,14H,3,5H2. The summed E-state index contributed by atoms with van der Waals surface area (Å²) >= 11 is 5.81. The summed E-state index contributed by atoms with van der Waals surface area (Å²) in [4.78, 5) is 0. The van der Waals surface area contributed by atoms with E-state index in [1.807, 2.05) is 0 Å².